The normalized spacial score (nSPS) is 13.2. The van der Waals surface area contributed by atoms with Crippen LogP contribution in [0.15, 0.2) is 56.7 Å². The quantitative estimate of drug-likeness (QED) is 0.247. The minimum Gasteiger partial charge on any atom is -0.507 e. The van der Waals surface area contributed by atoms with Gasteiger partial charge in [-0.25, -0.2) is 10.1 Å². The number of aryl methyl sites for hydroxylation is 1. The first kappa shape index (κ1) is 22.5. The fraction of sp³-hybridized carbons (Fsp3) is 0.182. The van der Waals surface area contributed by atoms with Crippen LogP contribution in [0.4, 0.5) is 11.5 Å². The molecular formula is C22H20BrN9O3. The molecule has 4 aromatic rings. The van der Waals surface area contributed by atoms with E-state index >= 15 is 0 Å². The van der Waals surface area contributed by atoms with E-state index in [1.165, 1.54) is 22.5 Å². The lowest BCUT2D eigenvalue weighted by Crippen LogP contribution is -2.31. The van der Waals surface area contributed by atoms with Crippen molar-refractivity contribution >= 4 is 39.6 Å². The van der Waals surface area contributed by atoms with Crippen LogP contribution in [-0.2, 0) is 13.0 Å². The number of phenolic OH excluding ortho intramolecular Hbond substituents is 1. The van der Waals surface area contributed by atoms with Crippen LogP contribution >= 0.6 is 15.9 Å². The third-order valence-electron chi connectivity index (χ3n) is 5.58. The topological polar surface area (TPSA) is 161 Å². The Morgan fingerprint density at radius 3 is 2.97 bits per heavy atom. The molecule has 0 atom stereocenters. The molecule has 0 unspecified atom stereocenters. The second-order valence-electron chi connectivity index (χ2n) is 7.83. The van der Waals surface area contributed by atoms with Gasteiger partial charge in [0.2, 0.25) is 11.6 Å². The first-order chi connectivity index (χ1) is 17.0. The van der Waals surface area contributed by atoms with Crippen molar-refractivity contribution < 1.29 is 14.5 Å². The molecule has 1 aliphatic heterocycles. The second kappa shape index (κ2) is 9.54. The number of halogens is 1. The van der Waals surface area contributed by atoms with Crippen LogP contribution in [0.1, 0.15) is 33.7 Å². The number of nitrogen functional groups attached to an aromatic ring is 1. The third-order valence-corrected chi connectivity index (χ3v) is 6.07. The van der Waals surface area contributed by atoms with Crippen molar-refractivity contribution in [3.63, 3.8) is 0 Å². The number of amides is 1. The molecular weight excluding hydrogens is 518 g/mol. The molecule has 4 N–H and O–H groups in total. The number of hydrazone groups is 1. The van der Waals surface area contributed by atoms with E-state index in [-0.39, 0.29) is 23.1 Å². The Labute approximate surface area is 207 Å². The molecule has 13 heteroatoms. The Morgan fingerprint density at radius 2 is 2.14 bits per heavy atom. The Kier molecular flexibility index (Phi) is 6.14. The van der Waals surface area contributed by atoms with Crippen molar-refractivity contribution in [1.29, 1.82) is 0 Å². The highest BCUT2D eigenvalue weighted by Crippen LogP contribution is 2.29. The summed E-state index contributed by atoms with van der Waals surface area (Å²) in [4.78, 5) is 15.2. The van der Waals surface area contributed by atoms with Gasteiger partial charge < -0.3 is 15.7 Å². The summed E-state index contributed by atoms with van der Waals surface area (Å²) in [6, 6.07) is 13.0. The first-order valence-corrected chi connectivity index (χ1v) is 11.5. The summed E-state index contributed by atoms with van der Waals surface area (Å²) in [5.41, 5.74) is 11.6. The number of nitrogens with two attached hydrogens (primary N) is 1. The number of aromatic nitrogens is 5. The zero-order valence-corrected chi connectivity index (χ0v) is 19.9. The molecule has 0 saturated carbocycles. The van der Waals surface area contributed by atoms with E-state index in [9.17, 15) is 9.90 Å². The number of fused-ring (bicyclic) bond motifs is 1. The van der Waals surface area contributed by atoms with Crippen molar-refractivity contribution in [1.82, 2.24) is 30.7 Å². The van der Waals surface area contributed by atoms with Gasteiger partial charge in [-0.05, 0) is 53.0 Å². The molecule has 0 saturated heterocycles. The monoisotopic (exact) mass is 537 g/mol. The smallest absolute Gasteiger partial charge is 0.293 e. The highest BCUT2D eigenvalue weighted by molar-refractivity contribution is 9.10. The van der Waals surface area contributed by atoms with Crippen LogP contribution in [0.2, 0.25) is 0 Å². The molecule has 2 aromatic heterocycles. The van der Waals surface area contributed by atoms with E-state index in [2.05, 4.69) is 58.0 Å². The lowest BCUT2D eigenvalue weighted by molar-refractivity contribution is 0.0949. The molecule has 0 aliphatic carbocycles. The number of carbonyl (C=O) groups excluding carboxylic acids is 1. The average Bonchev–Trinajstić information content (AvgIpc) is 3.47. The average molecular weight is 538 g/mol. The SMILES string of the molecule is Nc1nonc1-n1nnc(C(=O)N/N=C/c2cc(Br)ccc2O)c1CN1CCCc2ccccc21. The van der Waals surface area contributed by atoms with E-state index in [1.807, 2.05) is 18.2 Å². The molecule has 3 heterocycles. The third kappa shape index (κ3) is 4.57. The summed E-state index contributed by atoms with van der Waals surface area (Å²) >= 11 is 3.33. The maximum absolute atomic E-state index is 13.0. The molecule has 0 bridgehead atoms. The number of hydrogen-bond acceptors (Lipinski definition) is 10. The predicted octanol–water partition coefficient (Wildman–Crippen LogP) is 2.42. The number of carbonyl (C=O) groups is 1. The van der Waals surface area contributed by atoms with Gasteiger partial charge in [0.15, 0.2) is 5.69 Å². The van der Waals surface area contributed by atoms with Gasteiger partial charge in [-0.1, -0.05) is 39.3 Å². The number of benzene rings is 2. The van der Waals surface area contributed by atoms with E-state index in [1.54, 1.807) is 12.1 Å². The van der Waals surface area contributed by atoms with Gasteiger partial charge in [-0.15, -0.1) is 5.10 Å². The summed E-state index contributed by atoms with van der Waals surface area (Å²) in [5, 5.41) is 29.5. The molecule has 2 aromatic carbocycles. The van der Waals surface area contributed by atoms with E-state index in [0.29, 0.717) is 17.8 Å². The van der Waals surface area contributed by atoms with Gasteiger partial charge in [0.1, 0.15) is 5.75 Å². The van der Waals surface area contributed by atoms with Crippen LogP contribution in [0.5, 0.6) is 5.75 Å². The van der Waals surface area contributed by atoms with Gasteiger partial charge in [0.25, 0.3) is 5.91 Å². The number of aromatic hydroxyl groups is 1. The van der Waals surface area contributed by atoms with Crippen molar-refractivity contribution in [3.05, 3.63) is 69.5 Å². The summed E-state index contributed by atoms with van der Waals surface area (Å²) < 4.78 is 6.83. The number of nitrogens with one attached hydrogen (secondary N) is 1. The molecule has 5 rings (SSSR count). The Balaban J connectivity index is 1.46. The lowest BCUT2D eigenvalue weighted by Gasteiger charge is -2.31. The largest absolute Gasteiger partial charge is 0.507 e. The van der Waals surface area contributed by atoms with Gasteiger partial charge in [-0.3, -0.25) is 4.79 Å². The maximum Gasteiger partial charge on any atom is 0.293 e. The Hall–Kier alpha value is -4.26. The first-order valence-electron chi connectivity index (χ1n) is 10.7. The summed E-state index contributed by atoms with van der Waals surface area (Å²) in [6.07, 6.45) is 3.28. The molecule has 1 amide bonds. The zero-order chi connectivity index (χ0) is 24.4. The number of para-hydroxylation sites is 1. The number of nitrogens with zero attached hydrogens (tertiary/aromatic N) is 7. The lowest BCUT2D eigenvalue weighted by atomic mass is 10.0. The number of hydrogen-bond donors (Lipinski definition) is 3. The van der Waals surface area contributed by atoms with Gasteiger partial charge in [0, 0.05) is 22.3 Å². The highest BCUT2D eigenvalue weighted by atomic mass is 79.9. The predicted molar refractivity (Wildman–Crippen MR) is 130 cm³/mol. The van der Waals surface area contributed by atoms with Crippen LogP contribution in [0.25, 0.3) is 5.82 Å². The molecule has 178 valence electrons. The number of phenols is 1. The molecule has 35 heavy (non-hydrogen) atoms. The zero-order valence-electron chi connectivity index (χ0n) is 18.3. The van der Waals surface area contributed by atoms with E-state index in [4.69, 9.17) is 10.4 Å². The van der Waals surface area contributed by atoms with Gasteiger partial charge in [-0.2, -0.15) is 9.78 Å². The van der Waals surface area contributed by atoms with Crippen LogP contribution < -0.4 is 16.1 Å². The Morgan fingerprint density at radius 1 is 1.29 bits per heavy atom. The maximum atomic E-state index is 13.0. The van der Waals surface area contributed by atoms with Gasteiger partial charge in [0.05, 0.1) is 18.5 Å². The minimum absolute atomic E-state index is 0.0188. The summed E-state index contributed by atoms with van der Waals surface area (Å²) in [5.74, 6) is -0.405. The second-order valence-corrected chi connectivity index (χ2v) is 8.74. The van der Waals surface area contributed by atoms with Crippen molar-refractivity contribution in [2.75, 3.05) is 17.2 Å². The summed E-state index contributed by atoms with van der Waals surface area (Å²) in [6.45, 7) is 1.10. The van der Waals surface area contributed by atoms with Crippen molar-refractivity contribution in [2.45, 2.75) is 19.4 Å². The van der Waals surface area contributed by atoms with Gasteiger partial charge >= 0.3 is 0 Å². The standard InChI is InChI=1S/C22H20BrN9O3/c23-15-7-8-18(33)14(10-15)11-25-27-22(34)19-17(32(30-26-19)21-20(24)28-35-29-21)12-31-9-3-5-13-4-1-2-6-16(13)31/h1-2,4,6-8,10-11,33H,3,5,9,12H2,(H2,24,28)(H,27,34)/b25-11+. The molecule has 0 spiro atoms. The van der Waals surface area contributed by atoms with Crippen LogP contribution in [0, 0.1) is 0 Å². The van der Waals surface area contributed by atoms with Crippen LogP contribution in [0.3, 0.4) is 0 Å². The Bertz CT molecular complexity index is 1410. The highest BCUT2D eigenvalue weighted by Gasteiger charge is 2.27. The fourth-order valence-electron chi connectivity index (χ4n) is 3.93. The van der Waals surface area contributed by atoms with Crippen molar-refractivity contribution in [2.24, 2.45) is 5.10 Å². The minimum atomic E-state index is -0.586. The van der Waals surface area contributed by atoms with Crippen LogP contribution in [-0.4, -0.2) is 49.1 Å². The molecule has 1 aliphatic rings. The molecule has 0 fully saturated rings. The van der Waals surface area contributed by atoms with E-state index < -0.39 is 5.91 Å². The molecule has 0 radical (unpaired) electrons. The summed E-state index contributed by atoms with van der Waals surface area (Å²) in [7, 11) is 0. The fourth-order valence-corrected chi connectivity index (χ4v) is 4.31. The number of rotatable bonds is 6. The number of anilines is 2. The van der Waals surface area contributed by atoms with E-state index in [0.717, 1.165) is 29.5 Å². The molecule has 12 nitrogen and oxygen atoms in total. The van der Waals surface area contributed by atoms with Crippen molar-refractivity contribution in [3.8, 4) is 11.6 Å².